The molecule has 0 saturated carbocycles. The minimum Gasteiger partial charge on any atom is -0.380 e. The average Bonchev–Trinajstić information content (AvgIpc) is 1.64. The normalized spacial score (nSPS) is 19.3. The van der Waals surface area contributed by atoms with E-state index in [1.165, 1.54) is 0 Å². The van der Waals surface area contributed by atoms with E-state index in [1.807, 2.05) is 0 Å². The minimum atomic E-state index is -4.63. The van der Waals surface area contributed by atoms with Crippen LogP contribution in [0.1, 0.15) is 6.92 Å². The maximum Gasteiger partial charge on any atom is 0.418 e. The van der Waals surface area contributed by atoms with Crippen LogP contribution in [0.25, 0.3) is 0 Å². The Morgan fingerprint density at radius 3 is 1.78 bits per heavy atom. The lowest BCUT2D eigenvalue weighted by Gasteiger charge is -2.22. The number of rotatable bonds is 1. The van der Waals surface area contributed by atoms with E-state index < -0.39 is 17.7 Å². The van der Waals surface area contributed by atoms with E-state index in [2.05, 4.69) is 0 Å². The van der Waals surface area contributed by atoms with Gasteiger partial charge in [0.05, 0.1) is 5.88 Å². The van der Waals surface area contributed by atoms with Gasteiger partial charge in [0.1, 0.15) is 0 Å². The third-order valence-electron chi connectivity index (χ3n) is 0.871. The Kier molecular flexibility index (Phi) is 2.35. The van der Waals surface area contributed by atoms with Crippen molar-refractivity contribution in [3.63, 3.8) is 0 Å². The van der Waals surface area contributed by atoms with Crippen LogP contribution in [0.2, 0.25) is 0 Å². The van der Waals surface area contributed by atoms with Crippen molar-refractivity contribution in [2.45, 2.75) is 18.7 Å². The van der Waals surface area contributed by atoms with Gasteiger partial charge in [-0.3, -0.25) is 0 Å². The number of alkyl halides is 4. The fourth-order valence-corrected chi connectivity index (χ4v) is 0.227. The first-order valence-corrected chi connectivity index (χ1v) is 2.70. The lowest BCUT2D eigenvalue weighted by atomic mass is 10.1. The summed E-state index contributed by atoms with van der Waals surface area (Å²) in [6.45, 7) is 0.625. The molecule has 0 amide bonds. The zero-order valence-electron chi connectivity index (χ0n) is 4.67. The Labute approximate surface area is 55.4 Å². The first-order valence-electron chi connectivity index (χ1n) is 2.16. The number of aliphatic hydroxyl groups is 1. The average molecular weight is 163 g/mol. The molecular formula is C4H6ClF3O. The maximum absolute atomic E-state index is 11.5. The number of hydrogen-bond acceptors (Lipinski definition) is 1. The van der Waals surface area contributed by atoms with Gasteiger partial charge < -0.3 is 5.11 Å². The van der Waals surface area contributed by atoms with Crippen LogP contribution >= 0.6 is 11.6 Å². The van der Waals surface area contributed by atoms with Crippen LogP contribution in [0.4, 0.5) is 13.2 Å². The highest BCUT2D eigenvalue weighted by molar-refractivity contribution is 6.18. The van der Waals surface area contributed by atoms with Gasteiger partial charge in [0.2, 0.25) is 0 Å². The fourth-order valence-electron chi connectivity index (χ4n) is 0.0758. The van der Waals surface area contributed by atoms with E-state index in [9.17, 15) is 13.2 Å². The molecule has 1 N–H and O–H groups in total. The second kappa shape index (κ2) is 2.34. The molecule has 1 unspecified atom stereocenters. The Hall–Kier alpha value is 0.0400. The highest BCUT2D eigenvalue weighted by Crippen LogP contribution is 2.30. The molecule has 1 atom stereocenters. The van der Waals surface area contributed by atoms with Crippen LogP contribution in [0.3, 0.4) is 0 Å². The van der Waals surface area contributed by atoms with Crippen molar-refractivity contribution in [1.29, 1.82) is 0 Å². The second-order valence-electron chi connectivity index (χ2n) is 1.91. The molecule has 0 aromatic carbocycles. The van der Waals surface area contributed by atoms with Gasteiger partial charge >= 0.3 is 6.18 Å². The summed E-state index contributed by atoms with van der Waals surface area (Å²) in [4.78, 5) is 0. The van der Waals surface area contributed by atoms with Crippen molar-refractivity contribution in [1.82, 2.24) is 0 Å². The molecule has 5 heteroatoms. The Bertz CT molecular complexity index is 98.5. The Morgan fingerprint density at radius 1 is 1.44 bits per heavy atom. The van der Waals surface area contributed by atoms with Crippen molar-refractivity contribution >= 4 is 11.6 Å². The molecule has 0 aliphatic rings. The first kappa shape index (κ1) is 9.04. The monoisotopic (exact) mass is 162 g/mol. The summed E-state index contributed by atoms with van der Waals surface area (Å²) in [7, 11) is 0. The van der Waals surface area contributed by atoms with Crippen LogP contribution in [-0.2, 0) is 0 Å². The maximum atomic E-state index is 11.5. The van der Waals surface area contributed by atoms with E-state index in [4.69, 9.17) is 16.7 Å². The van der Waals surface area contributed by atoms with Gasteiger partial charge in [-0.15, -0.1) is 11.6 Å². The predicted molar refractivity (Wildman–Crippen MR) is 27.4 cm³/mol. The summed E-state index contributed by atoms with van der Waals surface area (Å²) in [6.07, 6.45) is -4.63. The van der Waals surface area contributed by atoms with E-state index in [-0.39, 0.29) is 0 Å². The molecular weight excluding hydrogens is 156 g/mol. The first-order chi connectivity index (χ1) is 3.81. The van der Waals surface area contributed by atoms with Crippen molar-refractivity contribution < 1.29 is 18.3 Å². The van der Waals surface area contributed by atoms with Gasteiger partial charge in [-0.25, -0.2) is 0 Å². The molecule has 0 rings (SSSR count). The number of halogens is 4. The van der Waals surface area contributed by atoms with Crippen LogP contribution in [0.5, 0.6) is 0 Å². The molecule has 0 heterocycles. The number of hydrogen-bond donors (Lipinski definition) is 1. The highest BCUT2D eigenvalue weighted by Gasteiger charge is 2.49. The van der Waals surface area contributed by atoms with Gasteiger partial charge in [-0.2, -0.15) is 13.2 Å². The van der Waals surface area contributed by atoms with E-state index in [1.54, 1.807) is 0 Å². The molecule has 0 aliphatic carbocycles. The lowest BCUT2D eigenvalue weighted by Crippen LogP contribution is -2.43. The molecule has 0 spiro atoms. The standard InChI is InChI=1S/C4H6ClF3O/c1-3(9,2-5)4(6,7)8/h9H,2H2,1H3. The minimum absolute atomic E-state index is 0.625. The predicted octanol–water partition coefficient (Wildman–Crippen LogP) is 1.54. The summed E-state index contributed by atoms with van der Waals surface area (Å²) >= 11 is 4.81. The Balaban J connectivity index is 4.14. The fraction of sp³-hybridized carbons (Fsp3) is 1.00. The quantitative estimate of drug-likeness (QED) is 0.580. The molecule has 0 fully saturated rings. The van der Waals surface area contributed by atoms with Gasteiger partial charge in [-0.05, 0) is 6.92 Å². The zero-order chi connectivity index (χ0) is 7.71. The molecule has 56 valence electrons. The third-order valence-corrected chi connectivity index (χ3v) is 1.39. The molecule has 0 aromatic rings. The van der Waals surface area contributed by atoms with Crippen molar-refractivity contribution in [3.8, 4) is 0 Å². The molecule has 0 bridgehead atoms. The van der Waals surface area contributed by atoms with E-state index in [0.29, 0.717) is 6.92 Å². The summed E-state index contributed by atoms with van der Waals surface area (Å²) in [5.41, 5.74) is -2.76. The summed E-state index contributed by atoms with van der Waals surface area (Å²) < 4.78 is 34.5. The molecule has 1 nitrogen and oxygen atoms in total. The smallest absolute Gasteiger partial charge is 0.380 e. The summed E-state index contributed by atoms with van der Waals surface area (Å²) in [6, 6.07) is 0. The summed E-state index contributed by atoms with van der Waals surface area (Å²) in [5.74, 6) is -0.837. The van der Waals surface area contributed by atoms with Gasteiger partial charge in [0.25, 0.3) is 0 Å². The molecule has 0 saturated heterocycles. The van der Waals surface area contributed by atoms with Crippen LogP contribution < -0.4 is 0 Å². The Morgan fingerprint density at radius 2 is 1.78 bits per heavy atom. The van der Waals surface area contributed by atoms with Crippen LogP contribution in [-0.4, -0.2) is 22.8 Å². The summed E-state index contributed by atoms with van der Waals surface area (Å²) in [5, 5.41) is 8.40. The van der Waals surface area contributed by atoms with Crippen LogP contribution in [0.15, 0.2) is 0 Å². The van der Waals surface area contributed by atoms with Gasteiger partial charge in [0, 0.05) is 0 Å². The van der Waals surface area contributed by atoms with Gasteiger partial charge in [0.15, 0.2) is 5.60 Å². The van der Waals surface area contributed by atoms with Crippen molar-refractivity contribution in [2.75, 3.05) is 5.88 Å². The van der Waals surface area contributed by atoms with Crippen LogP contribution in [0, 0.1) is 0 Å². The zero-order valence-corrected chi connectivity index (χ0v) is 5.42. The van der Waals surface area contributed by atoms with E-state index >= 15 is 0 Å². The van der Waals surface area contributed by atoms with E-state index in [0.717, 1.165) is 0 Å². The van der Waals surface area contributed by atoms with Gasteiger partial charge in [-0.1, -0.05) is 0 Å². The molecule has 0 radical (unpaired) electrons. The lowest BCUT2D eigenvalue weighted by molar-refractivity contribution is -0.243. The van der Waals surface area contributed by atoms with Crippen molar-refractivity contribution in [2.24, 2.45) is 0 Å². The molecule has 0 aromatic heterocycles. The highest BCUT2D eigenvalue weighted by atomic mass is 35.5. The van der Waals surface area contributed by atoms with Crippen molar-refractivity contribution in [3.05, 3.63) is 0 Å². The third kappa shape index (κ3) is 2.02. The molecule has 9 heavy (non-hydrogen) atoms. The SMILES string of the molecule is CC(O)(CCl)C(F)(F)F. The second-order valence-corrected chi connectivity index (χ2v) is 2.17. The molecule has 0 aliphatic heterocycles. The topological polar surface area (TPSA) is 20.2 Å². The largest absolute Gasteiger partial charge is 0.418 e.